The van der Waals surface area contributed by atoms with E-state index in [9.17, 15) is 68.7 Å². The van der Waals surface area contributed by atoms with Crippen molar-refractivity contribution in [3.05, 3.63) is 59.7 Å². The number of nitrogens with zero attached hydrogens (tertiary/aromatic N) is 1. The van der Waals surface area contributed by atoms with Gasteiger partial charge in [0.15, 0.2) is 5.96 Å². The fourth-order valence-electron chi connectivity index (χ4n) is 6.30. The highest BCUT2D eigenvalue weighted by atomic mass is 16.4. The molecule has 0 aromatic heterocycles. The molecule has 9 atom stereocenters. The Bertz CT molecular complexity index is 2120. The van der Waals surface area contributed by atoms with Crippen molar-refractivity contribution in [3.63, 3.8) is 0 Å². The highest BCUT2D eigenvalue weighted by Gasteiger charge is 2.35. The molecule has 2 aromatic rings. The summed E-state index contributed by atoms with van der Waals surface area (Å²) in [6.45, 7) is 2.55. The fraction of sp³-hybridized carbons (Fsp3) is 0.488. The van der Waals surface area contributed by atoms with E-state index in [4.69, 9.17) is 22.3 Å². The van der Waals surface area contributed by atoms with Crippen LogP contribution in [0.25, 0.3) is 0 Å². The Morgan fingerprint density at radius 1 is 0.580 bits per heavy atom. The van der Waals surface area contributed by atoms with Crippen LogP contribution in [0.4, 0.5) is 0 Å². The molecule has 26 nitrogen and oxygen atoms in total. The van der Waals surface area contributed by atoms with Gasteiger partial charge in [-0.25, -0.2) is 4.79 Å². The lowest BCUT2D eigenvalue weighted by Crippen LogP contribution is -2.61. The lowest BCUT2D eigenvalue weighted by atomic mass is 9.97. The van der Waals surface area contributed by atoms with Crippen LogP contribution in [0.1, 0.15) is 57.6 Å². The van der Waals surface area contributed by atoms with Crippen LogP contribution in [-0.4, -0.2) is 158 Å². The van der Waals surface area contributed by atoms with Crippen molar-refractivity contribution in [2.45, 2.75) is 108 Å². The minimum atomic E-state index is -1.74. The van der Waals surface area contributed by atoms with Crippen molar-refractivity contribution < 1.29 is 73.8 Å². The van der Waals surface area contributed by atoms with E-state index in [1.165, 1.54) is 55.5 Å². The van der Waals surface area contributed by atoms with Crippen molar-refractivity contribution in [1.82, 2.24) is 37.2 Å². The number of aliphatic hydroxyl groups excluding tert-OH is 2. The van der Waals surface area contributed by atoms with Gasteiger partial charge in [0.05, 0.1) is 25.7 Å². The monoisotopic (exact) mass is 973 g/mol. The van der Waals surface area contributed by atoms with Gasteiger partial charge >= 0.3 is 11.9 Å². The van der Waals surface area contributed by atoms with E-state index < -0.39 is 127 Å². The van der Waals surface area contributed by atoms with Crippen LogP contribution in [-0.2, 0) is 56.0 Å². The van der Waals surface area contributed by atoms with Gasteiger partial charge in [0.25, 0.3) is 0 Å². The van der Waals surface area contributed by atoms with Crippen LogP contribution in [0, 0.1) is 5.92 Å². The zero-order valence-corrected chi connectivity index (χ0v) is 38.2. The number of amides is 7. The lowest BCUT2D eigenvalue weighted by Gasteiger charge is -2.28. The molecule has 19 N–H and O–H groups in total. The molecular formula is C43H63N11O15. The first kappa shape index (κ1) is 57.5. The van der Waals surface area contributed by atoms with E-state index in [1.807, 2.05) is 5.32 Å². The number of hydrogen-bond donors (Lipinski definition) is 16. The first-order valence-electron chi connectivity index (χ1n) is 21.7. The van der Waals surface area contributed by atoms with Gasteiger partial charge in [0, 0.05) is 19.4 Å². The number of nitrogens with two attached hydrogens (primary N) is 3. The van der Waals surface area contributed by atoms with Crippen LogP contribution < -0.4 is 54.4 Å². The summed E-state index contributed by atoms with van der Waals surface area (Å²) in [5.41, 5.74) is 17.5. The molecule has 0 unspecified atom stereocenters. The maximum atomic E-state index is 14.2. The number of phenols is 2. The minimum absolute atomic E-state index is 0.0117. The lowest BCUT2D eigenvalue weighted by molar-refractivity contribution is -0.143. The number of rotatable bonds is 29. The summed E-state index contributed by atoms with van der Waals surface area (Å²) >= 11 is 0. The Morgan fingerprint density at radius 2 is 1.01 bits per heavy atom. The van der Waals surface area contributed by atoms with Gasteiger partial charge in [-0.3, -0.25) is 43.3 Å². The third kappa shape index (κ3) is 20.0. The summed E-state index contributed by atoms with van der Waals surface area (Å²) in [6.07, 6.45) is -1.01. The predicted molar refractivity (Wildman–Crippen MR) is 244 cm³/mol. The highest BCUT2D eigenvalue weighted by molar-refractivity contribution is 5.98. The van der Waals surface area contributed by atoms with Gasteiger partial charge in [-0.2, -0.15) is 0 Å². The normalized spacial score (nSPS) is 14.8. The molecule has 0 saturated carbocycles. The van der Waals surface area contributed by atoms with E-state index in [2.05, 4.69) is 36.9 Å². The third-order valence-corrected chi connectivity index (χ3v) is 10.5. The molecule has 0 bridgehead atoms. The Hall–Kier alpha value is -7.58. The van der Waals surface area contributed by atoms with Gasteiger partial charge in [-0.1, -0.05) is 44.5 Å². The number of carbonyl (C=O) groups is 9. The molecule has 0 radical (unpaired) electrons. The van der Waals surface area contributed by atoms with Crippen LogP contribution in [0.2, 0.25) is 0 Å². The number of aliphatic imine (C=N–C) groups is 1. The zero-order chi connectivity index (χ0) is 52.0. The van der Waals surface area contributed by atoms with Gasteiger partial charge < -0.3 is 85.1 Å². The number of carbonyl (C=O) groups excluding carboxylic acids is 7. The average molecular weight is 974 g/mol. The van der Waals surface area contributed by atoms with Crippen molar-refractivity contribution >= 4 is 59.2 Å². The van der Waals surface area contributed by atoms with E-state index in [1.54, 1.807) is 13.8 Å². The number of nitrogens with one attached hydrogen (secondary N) is 7. The van der Waals surface area contributed by atoms with Gasteiger partial charge in [0.2, 0.25) is 41.4 Å². The number of benzene rings is 2. The molecule has 380 valence electrons. The van der Waals surface area contributed by atoms with Crippen LogP contribution in [0.3, 0.4) is 0 Å². The first-order chi connectivity index (χ1) is 32.5. The Kier molecular flexibility index (Phi) is 23.8. The number of phenolic OH excluding ortho intramolecular Hbond substituents is 2. The number of carboxylic acid groups (broad SMARTS) is 2. The summed E-state index contributed by atoms with van der Waals surface area (Å²) in [7, 11) is 0. The Labute approximate surface area is 396 Å². The summed E-state index contributed by atoms with van der Waals surface area (Å²) in [6, 6.07) is -1.09. The number of aliphatic carboxylic acids is 2. The van der Waals surface area contributed by atoms with Gasteiger partial charge in [0.1, 0.15) is 53.8 Å². The van der Waals surface area contributed by atoms with Crippen molar-refractivity contribution in [2.75, 3.05) is 19.8 Å². The standard InChI is InChI=1S/C43H63N11O15/c1-4-21(2)34(41(67)52-31(19-55)40(66)53-32(20-56)42(68)69)54-35(61)22(3)48-38(64)29(16-23-7-11-25(57)12-8-23)51-37(63)28(6-5-15-47-43(45)46)49-39(65)30(17-24-9-13-26(58)14-10-24)50-36(62)27(44)18-33(59)60/h7-14,21-22,27-32,34,55-58H,4-6,15-20,44H2,1-3H3,(H,48,64)(H,49,65)(H,50,62)(H,51,63)(H,52,67)(H,53,66)(H,54,61)(H,59,60)(H,68,69)(H4,45,46,47)/t21-,22-,27-,28-,29-,30-,31-,32-,34-/m0/s1. The molecular weight excluding hydrogens is 911 g/mol. The minimum Gasteiger partial charge on any atom is -0.508 e. The fourth-order valence-corrected chi connectivity index (χ4v) is 6.30. The number of aromatic hydroxyl groups is 2. The molecule has 0 spiro atoms. The molecule has 0 saturated heterocycles. The Morgan fingerprint density at radius 3 is 1.48 bits per heavy atom. The summed E-state index contributed by atoms with van der Waals surface area (Å²) in [5, 5.41) is 73.9. The molecule has 0 aliphatic carbocycles. The predicted octanol–water partition coefficient (Wildman–Crippen LogP) is -4.73. The summed E-state index contributed by atoms with van der Waals surface area (Å²) in [4.78, 5) is 121. The second kappa shape index (κ2) is 28.6. The van der Waals surface area contributed by atoms with Crippen LogP contribution in [0.5, 0.6) is 11.5 Å². The highest BCUT2D eigenvalue weighted by Crippen LogP contribution is 2.15. The molecule has 0 fully saturated rings. The molecule has 0 aliphatic heterocycles. The summed E-state index contributed by atoms with van der Waals surface area (Å²) < 4.78 is 0. The van der Waals surface area contributed by atoms with Crippen LogP contribution >= 0.6 is 0 Å². The Balaban J connectivity index is 2.44. The van der Waals surface area contributed by atoms with Crippen molar-refractivity contribution in [1.29, 1.82) is 0 Å². The average Bonchev–Trinajstić information content (AvgIpc) is 3.29. The largest absolute Gasteiger partial charge is 0.508 e. The maximum Gasteiger partial charge on any atom is 0.328 e. The SMILES string of the molecule is CC[C@H](C)[C@H](NC(=O)[C@H](C)NC(=O)[C@H](Cc1ccc(O)cc1)NC(=O)[C@H](CCCN=C(N)N)NC(=O)[C@H](Cc1ccc(O)cc1)NC(=O)[C@@H](N)CC(=O)O)C(=O)N[C@@H](CO)C(=O)N[C@@H](CO)C(=O)O. The van der Waals surface area contributed by atoms with Crippen molar-refractivity contribution in [2.24, 2.45) is 28.1 Å². The molecule has 2 rings (SSSR count). The second-order valence-electron chi connectivity index (χ2n) is 16.0. The quantitative estimate of drug-likeness (QED) is 0.0207. The number of aliphatic hydroxyl groups is 2. The number of guanidine groups is 1. The van der Waals surface area contributed by atoms with Crippen molar-refractivity contribution in [3.8, 4) is 11.5 Å². The maximum absolute atomic E-state index is 14.2. The topological polar surface area (TPSA) is 450 Å². The van der Waals surface area contributed by atoms with E-state index in [-0.39, 0.29) is 49.7 Å². The first-order valence-corrected chi connectivity index (χ1v) is 21.7. The zero-order valence-electron chi connectivity index (χ0n) is 38.2. The molecule has 26 heteroatoms. The van der Waals surface area contributed by atoms with E-state index in [0.717, 1.165) is 0 Å². The molecule has 7 amide bonds. The second-order valence-corrected chi connectivity index (χ2v) is 16.0. The molecule has 2 aromatic carbocycles. The third-order valence-electron chi connectivity index (χ3n) is 10.5. The van der Waals surface area contributed by atoms with E-state index >= 15 is 0 Å². The molecule has 0 heterocycles. The molecule has 69 heavy (non-hydrogen) atoms. The molecule has 0 aliphatic rings. The van der Waals surface area contributed by atoms with Crippen LogP contribution in [0.15, 0.2) is 53.5 Å². The smallest absolute Gasteiger partial charge is 0.328 e. The number of hydrogen-bond acceptors (Lipinski definition) is 15. The summed E-state index contributed by atoms with van der Waals surface area (Å²) in [5.74, 6) is -10.9. The van der Waals surface area contributed by atoms with E-state index in [0.29, 0.717) is 17.5 Å². The number of carboxylic acids is 2. The van der Waals surface area contributed by atoms with Gasteiger partial charge in [-0.05, 0) is 61.1 Å². The van der Waals surface area contributed by atoms with Gasteiger partial charge in [-0.15, -0.1) is 0 Å².